The van der Waals surface area contributed by atoms with Crippen LogP contribution < -0.4 is 14.2 Å². The SMILES string of the molecule is COc1cc2c(cc1OC)CN(C(=O)COC(=O)c1cc3ccccc3cc1OC)CC2. The molecule has 0 aromatic heterocycles. The number of esters is 1. The number of carbonyl (C=O) groups is 2. The average Bonchev–Trinajstić information content (AvgIpc) is 2.84. The molecule has 4 rings (SSSR count). The Balaban J connectivity index is 1.44. The van der Waals surface area contributed by atoms with Gasteiger partial charge in [-0.25, -0.2) is 4.79 Å². The Bertz CT molecular complexity index is 1170. The summed E-state index contributed by atoms with van der Waals surface area (Å²) in [5.41, 5.74) is 2.40. The first-order valence-electron chi connectivity index (χ1n) is 10.3. The van der Waals surface area contributed by atoms with Gasteiger partial charge in [0.1, 0.15) is 11.3 Å². The van der Waals surface area contributed by atoms with Gasteiger partial charge in [0.15, 0.2) is 18.1 Å². The van der Waals surface area contributed by atoms with Crippen molar-refractivity contribution in [2.24, 2.45) is 0 Å². The quantitative estimate of drug-likeness (QED) is 0.551. The highest BCUT2D eigenvalue weighted by molar-refractivity contribution is 5.99. The molecule has 0 fully saturated rings. The molecule has 32 heavy (non-hydrogen) atoms. The summed E-state index contributed by atoms with van der Waals surface area (Å²) in [6.07, 6.45) is 0.688. The molecule has 7 nitrogen and oxygen atoms in total. The fraction of sp³-hybridized carbons (Fsp3) is 0.280. The number of ether oxygens (including phenoxy) is 4. The van der Waals surface area contributed by atoms with Gasteiger partial charge in [-0.05, 0) is 52.6 Å². The van der Waals surface area contributed by atoms with Crippen LogP contribution in [0.15, 0.2) is 48.5 Å². The number of nitrogens with zero attached hydrogens (tertiary/aromatic N) is 1. The third-order valence-corrected chi connectivity index (χ3v) is 5.69. The predicted octanol–water partition coefficient (Wildman–Crippen LogP) is 3.61. The number of hydrogen-bond acceptors (Lipinski definition) is 6. The van der Waals surface area contributed by atoms with Crippen molar-refractivity contribution in [3.63, 3.8) is 0 Å². The zero-order valence-electron chi connectivity index (χ0n) is 18.3. The Morgan fingerprint density at radius 1 is 0.844 bits per heavy atom. The van der Waals surface area contributed by atoms with Gasteiger partial charge in [0.05, 0.1) is 21.3 Å². The van der Waals surface area contributed by atoms with Crippen molar-refractivity contribution in [1.29, 1.82) is 0 Å². The summed E-state index contributed by atoms with van der Waals surface area (Å²) in [6, 6.07) is 15.0. The summed E-state index contributed by atoms with van der Waals surface area (Å²) in [7, 11) is 4.68. The number of rotatable bonds is 6. The van der Waals surface area contributed by atoms with Crippen molar-refractivity contribution in [2.75, 3.05) is 34.5 Å². The van der Waals surface area contributed by atoms with Crippen LogP contribution in [0, 0.1) is 0 Å². The van der Waals surface area contributed by atoms with Crippen LogP contribution in [0.1, 0.15) is 21.5 Å². The predicted molar refractivity (Wildman–Crippen MR) is 119 cm³/mol. The summed E-state index contributed by atoms with van der Waals surface area (Å²) < 4.78 is 21.4. The minimum Gasteiger partial charge on any atom is -0.496 e. The third-order valence-electron chi connectivity index (χ3n) is 5.69. The van der Waals surface area contributed by atoms with Crippen LogP contribution in [-0.2, 0) is 22.5 Å². The Morgan fingerprint density at radius 2 is 1.47 bits per heavy atom. The van der Waals surface area contributed by atoms with Crippen molar-refractivity contribution >= 4 is 22.6 Å². The summed E-state index contributed by atoms with van der Waals surface area (Å²) >= 11 is 0. The molecule has 166 valence electrons. The van der Waals surface area contributed by atoms with E-state index in [2.05, 4.69) is 0 Å². The monoisotopic (exact) mass is 435 g/mol. The van der Waals surface area contributed by atoms with E-state index < -0.39 is 5.97 Å². The normalized spacial score (nSPS) is 12.8. The van der Waals surface area contributed by atoms with E-state index in [9.17, 15) is 9.59 Å². The fourth-order valence-corrected chi connectivity index (χ4v) is 3.94. The second-order valence-corrected chi connectivity index (χ2v) is 7.52. The Morgan fingerprint density at radius 3 is 2.12 bits per heavy atom. The van der Waals surface area contributed by atoms with E-state index in [4.69, 9.17) is 18.9 Å². The highest BCUT2D eigenvalue weighted by Crippen LogP contribution is 2.33. The molecule has 1 aliphatic rings. The topological polar surface area (TPSA) is 74.3 Å². The maximum Gasteiger partial charge on any atom is 0.342 e. The number of methoxy groups -OCH3 is 3. The van der Waals surface area contributed by atoms with E-state index in [0.29, 0.717) is 42.3 Å². The van der Waals surface area contributed by atoms with Crippen LogP contribution in [0.5, 0.6) is 17.2 Å². The van der Waals surface area contributed by atoms with E-state index in [0.717, 1.165) is 21.9 Å². The smallest absolute Gasteiger partial charge is 0.342 e. The molecule has 3 aromatic rings. The molecule has 7 heteroatoms. The lowest BCUT2D eigenvalue weighted by Gasteiger charge is -2.29. The second-order valence-electron chi connectivity index (χ2n) is 7.52. The van der Waals surface area contributed by atoms with E-state index >= 15 is 0 Å². The Labute approximate surface area is 186 Å². The molecule has 1 aliphatic heterocycles. The van der Waals surface area contributed by atoms with E-state index in [1.807, 2.05) is 36.4 Å². The molecule has 0 saturated carbocycles. The van der Waals surface area contributed by atoms with Crippen LogP contribution in [-0.4, -0.2) is 51.3 Å². The van der Waals surface area contributed by atoms with Gasteiger partial charge in [-0.2, -0.15) is 0 Å². The lowest BCUT2D eigenvalue weighted by molar-refractivity contribution is -0.135. The number of fused-ring (bicyclic) bond motifs is 2. The maximum atomic E-state index is 12.7. The molecule has 0 saturated heterocycles. The first-order chi connectivity index (χ1) is 15.5. The zero-order valence-corrected chi connectivity index (χ0v) is 18.3. The number of carbonyl (C=O) groups excluding carboxylic acids is 2. The molecule has 0 atom stereocenters. The number of amides is 1. The summed E-state index contributed by atoms with van der Waals surface area (Å²) in [4.78, 5) is 27.1. The lowest BCUT2D eigenvalue weighted by atomic mass is 9.99. The van der Waals surface area contributed by atoms with Crippen molar-refractivity contribution < 1.29 is 28.5 Å². The van der Waals surface area contributed by atoms with Gasteiger partial charge >= 0.3 is 5.97 Å². The van der Waals surface area contributed by atoms with Crippen LogP contribution in [0.2, 0.25) is 0 Å². The average molecular weight is 435 g/mol. The van der Waals surface area contributed by atoms with Crippen LogP contribution >= 0.6 is 0 Å². The van der Waals surface area contributed by atoms with Gasteiger partial charge in [-0.3, -0.25) is 4.79 Å². The molecule has 1 heterocycles. The highest BCUT2D eigenvalue weighted by Gasteiger charge is 2.24. The molecular weight excluding hydrogens is 410 g/mol. The Hall–Kier alpha value is -3.74. The third kappa shape index (κ3) is 4.19. The van der Waals surface area contributed by atoms with Crippen LogP contribution in [0.25, 0.3) is 10.8 Å². The minimum absolute atomic E-state index is 0.251. The van der Waals surface area contributed by atoms with E-state index in [1.165, 1.54) is 7.11 Å². The molecule has 0 N–H and O–H groups in total. The second kappa shape index (κ2) is 9.18. The lowest BCUT2D eigenvalue weighted by Crippen LogP contribution is -2.38. The van der Waals surface area contributed by atoms with Gasteiger partial charge < -0.3 is 23.8 Å². The van der Waals surface area contributed by atoms with Gasteiger partial charge in [0.25, 0.3) is 5.91 Å². The van der Waals surface area contributed by atoms with Crippen molar-refractivity contribution in [3.05, 3.63) is 65.2 Å². The molecule has 0 radical (unpaired) electrons. The summed E-state index contributed by atoms with van der Waals surface area (Å²) in [6.45, 7) is 0.626. The van der Waals surface area contributed by atoms with E-state index in [-0.39, 0.29) is 12.5 Å². The summed E-state index contributed by atoms with van der Waals surface area (Å²) in [5.74, 6) is 0.858. The van der Waals surface area contributed by atoms with Crippen molar-refractivity contribution in [2.45, 2.75) is 13.0 Å². The Kier molecular flexibility index (Phi) is 6.16. The van der Waals surface area contributed by atoms with Gasteiger partial charge in [0.2, 0.25) is 0 Å². The van der Waals surface area contributed by atoms with E-state index in [1.54, 1.807) is 31.3 Å². The van der Waals surface area contributed by atoms with Crippen molar-refractivity contribution in [1.82, 2.24) is 4.90 Å². The molecule has 0 aliphatic carbocycles. The maximum absolute atomic E-state index is 12.7. The molecular formula is C25H25NO6. The fourth-order valence-electron chi connectivity index (χ4n) is 3.94. The number of benzene rings is 3. The molecule has 0 spiro atoms. The molecule has 3 aromatic carbocycles. The van der Waals surface area contributed by atoms with Gasteiger partial charge in [-0.15, -0.1) is 0 Å². The minimum atomic E-state index is -0.593. The van der Waals surface area contributed by atoms with Gasteiger partial charge in [0, 0.05) is 13.1 Å². The molecule has 0 bridgehead atoms. The van der Waals surface area contributed by atoms with Gasteiger partial charge in [-0.1, -0.05) is 24.3 Å². The standard InChI is InChI=1S/C25H25NO6/c1-29-21-11-17-7-5-4-6-16(17)10-20(21)25(28)32-15-24(27)26-9-8-18-12-22(30-2)23(31-3)13-19(18)14-26/h4-7,10-13H,8-9,14-15H2,1-3H3. The molecule has 1 amide bonds. The summed E-state index contributed by atoms with van der Waals surface area (Å²) in [5, 5.41) is 1.85. The largest absolute Gasteiger partial charge is 0.496 e. The first-order valence-corrected chi connectivity index (χ1v) is 10.3. The zero-order chi connectivity index (χ0) is 22.7. The van der Waals surface area contributed by atoms with Crippen molar-refractivity contribution in [3.8, 4) is 17.2 Å². The highest BCUT2D eigenvalue weighted by atomic mass is 16.5. The molecule has 0 unspecified atom stereocenters. The van der Waals surface area contributed by atoms with Crippen LogP contribution in [0.4, 0.5) is 0 Å². The number of hydrogen-bond donors (Lipinski definition) is 0. The van der Waals surface area contributed by atoms with Crippen LogP contribution in [0.3, 0.4) is 0 Å². The first kappa shape index (κ1) is 21.5.